The zero-order chi connectivity index (χ0) is 32.4. The SMILES string of the molecule is COC(=O)CC[C@]12[N-]/C(=C\C3=NC(=C\c4[n-]c(c(C)c4C)/C=C4\N=C(C(C)=C4C)[C@H]1c1ccc(C)cc1)/C(C)=C3C)C(C)=C2C.[Cu+2]. The molecule has 2 atom stereocenters. The molecule has 0 fully saturated rings. The van der Waals surface area contributed by atoms with Crippen LogP contribution in [0.4, 0.5) is 0 Å². The predicted octanol–water partition coefficient (Wildman–Crippen LogP) is 8.93. The normalized spacial score (nSPS) is 25.6. The number of nitrogens with zero attached hydrogens (tertiary/aromatic N) is 4. The van der Waals surface area contributed by atoms with Crippen molar-refractivity contribution in [1.29, 1.82) is 0 Å². The van der Waals surface area contributed by atoms with E-state index in [4.69, 9.17) is 25.0 Å². The summed E-state index contributed by atoms with van der Waals surface area (Å²) in [6.07, 6.45) is 7.07. The van der Waals surface area contributed by atoms with E-state index in [9.17, 15) is 4.79 Å². The number of carbonyl (C=O) groups excluding carboxylic acids is 1. The van der Waals surface area contributed by atoms with Crippen molar-refractivity contribution in [3.63, 3.8) is 0 Å². The molecule has 4 aliphatic rings. The Bertz CT molecular complexity index is 1910. The second kappa shape index (κ2) is 12.4. The molecule has 1 radical (unpaired) electrons. The van der Waals surface area contributed by atoms with Gasteiger partial charge in [0.05, 0.1) is 29.9 Å². The number of aliphatic imine (C=N–C) groups is 2. The van der Waals surface area contributed by atoms with Gasteiger partial charge in [0.15, 0.2) is 0 Å². The van der Waals surface area contributed by atoms with Crippen molar-refractivity contribution in [1.82, 2.24) is 4.98 Å². The molecule has 1 aromatic heterocycles. The zero-order valence-electron chi connectivity index (χ0n) is 28.4. The van der Waals surface area contributed by atoms with Crippen LogP contribution in [0.2, 0.25) is 0 Å². The molecule has 4 aliphatic heterocycles. The number of hydrogen-bond acceptors (Lipinski definition) is 4. The van der Waals surface area contributed by atoms with Crippen molar-refractivity contribution >= 4 is 29.5 Å². The average Bonchev–Trinajstić information content (AvgIpc) is 3.64. The van der Waals surface area contributed by atoms with Crippen LogP contribution < -0.4 is 4.98 Å². The van der Waals surface area contributed by atoms with Gasteiger partial charge in [-0.25, -0.2) is 4.99 Å². The van der Waals surface area contributed by atoms with E-state index in [1.165, 1.54) is 12.7 Å². The molecule has 5 heterocycles. The van der Waals surface area contributed by atoms with Gasteiger partial charge in [0.25, 0.3) is 0 Å². The predicted molar refractivity (Wildman–Crippen MR) is 185 cm³/mol. The maximum absolute atomic E-state index is 12.7. The van der Waals surface area contributed by atoms with Crippen molar-refractivity contribution < 1.29 is 26.6 Å². The van der Waals surface area contributed by atoms with Crippen molar-refractivity contribution in [2.24, 2.45) is 9.98 Å². The maximum Gasteiger partial charge on any atom is 2.00 e. The van der Waals surface area contributed by atoms with E-state index in [0.717, 1.165) is 90.0 Å². The number of methoxy groups -OCH3 is 1. The smallest absolute Gasteiger partial charge is 0.675 e. The van der Waals surface area contributed by atoms with Crippen LogP contribution in [0.1, 0.15) is 93.9 Å². The minimum atomic E-state index is -0.755. The molecule has 6 rings (SSSR count). The number of rotatable bonds is 4. The number of aryl methyl sites for hydroxylation is 1. The quantitative estimate of drug-likeness (QED) is 0.242. The van der Waals surface area contributed by atoms with E-state index in [2.05, 4.69) is 105 Å². The monoisotopic (exact) mass is 661 g/mol. The van der Waals surface area contributed by atoms with E-state index >= 15 is 0 Å². The Kier molecular flexibility index (Phi) is 8.98. The fraction of sp³-hybridized carbons (Fsp3) is 0.359. The average molecular weight is 662 g/mol. The van der Waals surface area contributed by atoms with E-state index in [1.54, 1.807) is 0 Å². The molecule has 0 saturated heterocycles. The number of hydrogen-bond donors (Lipinski definition) is 0. The van der Waals surface area contributed by atoms with Crippen LogP contribution in [-0.2, 0) is 26.6 Å². The second-order valence-corrected chi connectivity index (χ2v) is 12.9. The molecule has 0 aliphatic carbocycles. The summed E-state index contributed by atoms with van der Waals surface area (Å²) in [6, 6.07) is 8.69. The minimum absolute atomic E-state index is 0. The number of benzene rings is 1. The first-order valence-corrected chi connectivity index (χ1v) is 15.7. The molecular formula is C39H42CuN4O2. The van der Waals surface area contributed by atoms with Gasteiger partial charge in [0.2, 0.25) is 0 Å². The fourth-order valence-electron chi connectivity index (χ4n) is 6.94. The standard InChI is InChI=1S/C39H42N4O2.Cu/c1-20-11-13-29(14-12-20)37-38-26(7)25(6)34(42-38)18-32-22(3)21(2)30(40-32)17-31-23(4)24(5)33(41-31)19-35-27(8)28(9)39(37,43-35)16-15-36(44)45-10;/h11-14,17-19,37H,15-16H2,1-10H3;/q-2;+2/t37-,39-;/m1./s1. The molecule has 0 N–H and O–H groups in total. The number of esters is 1. The summed E-state index contributed by atoms with van der Waals surface area (Å²) in [4.78, 5) is 28.3. The van der Waals surface area contributed by atoms with Gasteiger partial charge in [-0.2, -0.15) is 0 Å². The van der Waals surface area contributed by atoms with Crippen molar-refractivity contribution in [3.05, 3.63) is 120 Å². The van der Waals surface area contributed by atoms with E-state index in [1.807, 2.05) is 0 Å². The van der Waals surface area contributed by atoms with Gasteiger partial charge in [0.1, 0.15) is 0 Å². The number of aromatic nitrogens is 1. The van der Waals surface area contributed by atoms with Crippen molar-refractivity contribution in [2.45, 2.75) is 86.6 Å². The largest absolute Gasteiger partial charge is 2.00 e. The Labute approximate surface area is 283 Å². The summed E-state index contributed by atoms with van der Waals surface area (Å²) in [5.41, 5.74) is 17.1. The fourth-order valence-corrected chi connectivity index (χ4v) is 6.94. The molecular weight excluding hydrogens is 620 g/mol. The molecule has 0 amide bonds. The third-order valence-electron chi connectivity index (χ3n) is 10.6. The first-order valence-electron chi connectivity index (χ1n) is 15.7. The molecule has 8 bridgehead atoms. The first-order chi connectivity index (χ1) is 21.4. The first kappa shape index (κ1) is 33.4. The van der Waals surface area contributed by atoms with Gasteiger partial charge in [-0.05, 0) is 96.6 Å². The van der Waals surface area contributed by atoms with Gasteiger partial charge < -0.3 is 15.0 Å². The Morgan fingerprint density at radius 3 is 1.98 bits per heavy atom. The zero-order valence-corrected chi connectivity index (χ0v) is 29.4. The molecule has 241 valence electrons. The third-order valence-corrected chi connectivity index (χ3v) is 10.6. The second-order valence-electron chi connectivity index (χ2n) is 12.9. The molecule has 46 heavy (non-hydrogen) atoms. The Balaban J connectivity index is 0.00000417. The molecule has 6 nitrogen and oxygen atoms in total. The molecule has 2 aromatic rings. The van der Waals surface area contributed by atoms with Crippen LogP contribution in [0.25, 0.3) is 17.5 Å². The molecule has 1 aromatic carbocycles. The van der Waals surface area contributed by atoms with Gasteiger partial charge in [-0.15, -0.1) is 17.1 Å². The minimum Gasteiger partial charge on any atom is -0.675 e. The van der Waals surface area contributed by atoms with Crippen LogP contribution in [0.15, 0.2) is 90.9 Å². The summed E-state index contributed by atoms with van der Waals surface area (Å²) in [5, 5.41) is 5.61. The van der Waals surface area contributed by atoms with Gasteiger partial charge in [0, 0.05) is 12.3 Å². The maximum atomic E-state index is 12.7. The molecule has 0 spiro atoms. The van der Waals surface area contributed by atoms with Gasteiger partial charge in [-0.1, -0.05) is 75.9 Å². The number of fused-ring (bicyclic) bond motifs is 6. The number of allylic oxidation sites excluding steroid dienone is 6. The summed E-state index contributed by atoms with van der Waals surface area (Å²) in [6.45, 7) is 19.2. The topological polar surface area (TPSA) is 79.2 Å². The molecule has 0 unspecified atom stereocenters. The number of ether oxygens (including phenoxy) is 1. The van der Waals surface area contributed by atoms with Crippen LogP contribution in [-0.4, -0.2) is 30.0 Å². The van der Waals surface area contributed by atoms with Crippen LogP contribution in [0, 0.1) is 20.8 Å². The summed E-state index contributed by atoms with van der Waals surface area (Å²) >= 11 is 0. The van der Waals surface area contributed by atoms with Crippen LogP contribution in [0.3, 0.4) is 0 Å². The van der Waals surface area contributed by atoms with Gasteiger partial charge >= 0.3 is 23.0 Å². The number of carbonyl (C=O) groups is 1. The summed E-state index contributed by atoms with van der Waals surface area (Å²) in [7, 11) is 1.45. The van der Waals surface area contributed by atoms with Crippen molar-refractivity contribution in [3.8, 4) is 0 Å². The summed E-state index contributed by atoms with van der Waals surface area (Å²) < 4.78 is 5.16. The van der Waals surface area contributed by atoms with E-state index < -0.39 is 5.54 Å². The van der Waals surface area contributed by atoms with Gasteiger partial charge in [-0.3, -0.25) is 9.79 Å². The Hall–Kier alpha value is -3.93. The van der Waals surface area contributed by atoms with E-state index in [0.29, 0.717) is 6.42 Å². The van der Waals surface area contributed by atoms with Crippen LogP contribution >= 0.6 is 0 Å². The Morgan fingerprint density at radius 2 is 1.37 bits per heavy atom. The van der Waals surface area contributed by atoms with E-state index in [-0.39, 0.29) is 35.4 Å². The van der Waals surface area contributed by atoms with Crippen LogP contribution in [0.5, 0.6) is 0 Å². The molecule has 0 saturated carbocycles. The summed E-state index contributed by atoms with van der Waals surface area (Å²) in [5.74, 6) is -0.481. The molecule has 7 heteroatoms. The van der Waals surface area contributed by atoms with Crippen molar-refractivity contribution in [2.75, 3.05) is 7.11 Å². The Morgan fingerprint density at radius 1 is 0.783 bits per heavy atom. The third kappa shape index (κ3) is 5.34.